The SMILES string of the molecule is O=C(Cc1ccc(Br)s1)Cc1cccc2ccccc12. The average Bonchev–Trinajstić information content (AvgIpc) is 2.84. The van der Waals surface area contributed by atoms with Crippen LogP contribution in [0, 0.1) is 0 Å². The molecule has 0 saturated heterocycles. The van der Waals surface area contributed by atoms with Crippen molar-refractivity contribution in [1.29, 1.82) is 0 Å². The van der Waals surface area contributed by atoms with Crippen LogP contribution in [0.4, 0.5) is 0 Å². The predicted molar refractivity (Wildman–Crippen MR) is 88.4 cm³/mol. The first kappa shape index (κ1) is 13.5. The summed E-state index contributed by atoms with van der Waals surface area (Å²) in [7, 11) is 0. The Balaban J connectivity index is 1.81. The van der Waals surface area contributed by atoms with Crippen LogP contribution in [-0.4, -0.2) is 5.78 Å². The number of Topliss-reactive ketones (excluding diaryl/α,β-unsaturated/α-hetero) is 1. The molecule has 0 radical (unpaired) electrons. The lowest BCUT2D eigenvalue weighted by Gasteiger charge is -2.05. The van der Waals surface area contributed by atoms with Gasteiger partial charge in [0.05, 0.1) is 3.79 Å². The minimum atomic E-state index is 0.260. The van der Waals surface area contributed by atoms with E-state index in [1.165, 1.54) is 10.8 Å². The van der Waals surface area contributed by atoms with Crippen LogP contribution >= 0.6 is 27.3 Å². The van der Waals surface area contributed by atoms with Crippen molar-refractivity contribution in [3.05, 3.63) is 68.8 Å². The summed E-state index contributed by atoms with van der Waals surface area (Å²) in [5.74, 6) is 0.260. The summed E-state index contributed by atoms with van der Waals surface area (Å²) in [4.78, 5) is 13.3. The molecule has 3 aromatic rings. The van der Waals surface area contributed by atoms with E-state index in [0.29, 0.717) is 12.8 Å². The van der Waals surface area contributed by atoms with Gasteiger partial charge in [-0.05, 0) is 44.4 Å². The minimum Gasteiger partial charge on any atom is -0.299 e. The van der Waals surface area contributed by atoms with Gasteiger partial charge in [0.25, 0.3) is 0 Å². The molecule has 1 heterocycles. The molecule has 1 aromatic heterocycles. The van der Waals surface area contributed by atoms with Crippen LogP contribution in [-0.2, 0) is 17.6 Å². The van der Waals surface area contributed by atoms with Crippen LogP contribution in [0.3, 0.4) is 0 Å². The fourth-order valence-corrected chi connectivity index (χ4v) is 3.87. The third kappa shape index (κ3) is 3.00. The number of thiophene rings is 1. The number of carbonyl (C=O) groups excluding carboxylic acids is 1. The van der Waals surface area contributed by atoms with Crippen LogP contribution in [0.15, 0.2) is 58.4 Å². The van der Waals surface area contributed by atoms with Crippen LogP contribution < -0.4 is 0 Å². The van der Waals surface area contributed by atoms with Crippen molar-refractivity contribution in [3.63, 3.8) is 0 Å². The van der Waals surface area contributed by atoms with E-state index in [1.54, 1.807) is 11.3 Å². The molecule has 0 N–H and O–H groups in total. The summed E-state index contributed by atoms with van der Waals surface area (Å²) < 4.78 is 1.07. The summed E-state index contributed by atoms with van der Waals surface area (Å²) in [6.07, 6.45) is 1.01. The van der Waals surface area contributed by atoms with Crippen molar-refractivity contribution >= 4 is 43.8 Å². The van der Waals surface area contributed by atoms with E-state index in [-0.39, 0.29) is 5.78 Å². The van der Waals surface area contributed by atoms with Crippen molar-refractivity contribution in [2.75, 3.05) is 0 Å². The van der Waals surface area contributed by atoms with Crippen molar-refractivity contribution in [1.82, 2.24) is 0 Å². The van der Waals surface area contributed by atoms with Gasteiger partial charge in [0.2, 0.25) is 0 Å². The molecular formula is C17H13BrOS. The highest BCUT2D eigenvalue weighted by Gasteiger charge is 2.09. The molecular weight excluding hydrogens is 332 g/mol. The molecule has 0 aliphatic carbocycles. The van der Waals surface area contributed by atoms with Gasteiger partial charge in [0, 0.05) is 17.7 Å². The fourth-order valence-electron chi connectivity index (χ4n) is 2.36. The molecule has 0 saturated carbocycles. The molecule has 0 aliphatic heterocycles. The molecule has 3 rings (SSSR count). The zero-order valence-corrected chi connectivity index (χ0v) is 13.2. The maximum absolute atomic E-state index is 12.2. The third-order valence-electron chi connectivity index (χ3n) is 3.27. The highest BCUT2D eigenvalue weighted by molar-refractivity contribution is 9.11. The molecule has 0 atom stereocenters. The maximum atomic E-state index is 12.2. The van der Waals surface area contributed by atoms with Crippen molar-refractivity contribution in [3.8, 4) is 0 Å². The smallest absolute Gasteiger partial charge is 0.142 e. The monoisotopic (exact) mass is 344 g/mol. The van der Waals surface area contributed by atoms with E-state index in [4.69, 9.17) is 0 Å². The molecule has 0 spiro atoms. The number of hydrogen-bond donors (Lipinski definition) is 0. The number of ketones is 1. The largest absolute Gasteiger partial charge is 0.299 e. The molecule has 0 amide bonds. The third-order valence-corrected chi connectivity index (χ3v) is 4.89. The second-order valence-corrected chi connectivity index (χ2v) is 7.28. The molecule has 3 heteroatoms. The minimum absolute atomic E-state index is 0.260. The Hall–Kier alpha value is -1.45. The van der Waals surface area contributed by atoms with Crippen molar-refractivity contribution < 1.29 is 4.79 Å². The van der Waals surface area contributed by atoms with Gasteiger partial charge in [-0.2, -0.15) is 0 Å². The standard InChI is InChI=1S/C17H13BrOS/c18-17-9-8-15(20-17)11-14(19)10-13-6-3-5-12-4-1-2-7-16(12)13/h1-9H,10-11H2. The first-order valence-electron chi connectivity index (χ1n) is 6.45. The van der Waals surface area contributed by atoms with Gasteiger partial charge in [0.1, 0.15) is 5.78 Å². The second-order valence-electron chi connectivity index (χ2n) is 4.74. The summed E-state index contributed by atoms with van der Waals surface area (Å²) in [6.45, 7) is 0. The van der Waals surface area contributed by atoms with Crippen LogP contribution in [0.25, 0.3) is 10.8 Å². The molecule has 0 unspecified atom stereocenters. The quantitative estimate of drug-likeness (QED) is 0.649. The highest BCUT2D eigenvalue weighted by Crippen LogP contribution is 2.24. The summed E-state index contributed by atoms with van der Waals surface area (Å²) in [6, 6.07) is 18.4. The van der Waals surface area contributed by atoms with Crippen LogP contribution in [0.5, 0.6) is 0 Å². The lowest BCUT2D eigenvalue weighted by molar-refractivity contribution is -0.117. The van der Waals surface area contributed by atoms with Gasteiger partial charge >= 0.3 is 0 Å². The van der Waals surface area contributed by atoms with Crippen molar-refractivity contribution in [2.24, 2.45) is 0 Å². The Kier molecular flexibility index (Phi) is 3.99. The number of hydrogen-bond acceptors (Lipinski definition) is 2. The molecule has 1 nitrogen and oxygen atoms in total. The fraction of sp³-hybridized carbons (Fsp3) is 0.118. The Morgan fingerprint density at radius 1 is 0.950 bits per heavy atom. The Bertz CT molecular complexity index is 755. The van der Waals surface area contributed by atoms with Crippen molar-refractivity contribution in [2.45, 2.75) is 12.8 Å². The Morgan fingerprint density at radius 2 is 1.75 bits per heavy atom. The number of rotatable bonds is 4. The maximum Gasteiger partial charge on any atom is 0.142 e. The van der Waals surface area contributed by atoms with Gasteiger partial charge < -0.3 is 0 Å². The molecule has 0 aliphatic rings. The molecule has 0 fully saturated rings. The lowest BCUT2D eigenvalue weighted by atomic mass is 9.99. The molecule has 100 valence electrons. The van der Waals surface area contributed by atoms with Crippen LogP contribution in [0.1, 0.15) is 10.4 Å². The number of halogens is 1. The van der Waals surface area contributed by atoms with E-state index in [2.05, 4.69) is 34.1 Å². The van der Waals surface area contributed by atoms with Gasteiger partial charge in [-0.3, -0.25) is 4.79 Å². The van der Waals surface area contributed by atoms with Gasteiger partial charge in [0.15, 0.2) is 0 Å². The topological polar surface area (TPSA) is 17.1 Å². The van der Waals surface area contributed by atoms with E-state index in [9.17, 15) is 4.79 Å². The zero-order chi connectivity index (χ0) is 13.9. The summed E-state index contributed by atoms with van der Waals surface area (Å²) in [5, 5.41) is 2.37. The molecule has 20 heavy (non-hydrogen) atoms. The average molecular weight is 345 g/mol. The Morgan fingerprint density at radius 3 is 2.55 bits per heavy atom. The van der Waals surface area contributed by atoms with E-state index >= 15 is 0 Å². The summed E-state index contributed by atoms with van der Waals surface area (Å²) >= 11 is 5.05. The summed E-state index contributed by atoms with van der Waals surface area (Å²) in [5.41, 5.74) is 1.11. The number of fused-ring (bicyclic) bond motifs is 1. The lowest BCUT2D eigenvalue weighted by Crippen LogP contribution is -2.05. The highest BCUT2D eigenvalue weighted by atomic mass is 79.9. The number of carbonyl (C=O) groups is 1. The van der Waals surface area contributed by atoms with E-state index in [1.807, 2.05) is 36.4 Å². The van der Waals surface area contributed by atoms with Gasteiger partial charge in [-0.1, -0.05) is 42.5 Å². The molecule has 2 aromatic carbocycles. The van der Waals surface area contributed by atoms with Gasteiger partial charge in [-0.25, -0.2) is 0 Å². The predicted octanol–water partition coefficient (Wildman–Crippen LogP) is 5.02. The van der Waals surface area contributed by atoms with Crippen LogP contribution in [0.2, 0.25) is 0 Å². The second kappa shape index (κ2) is 5.90. The Labute approximate surface area is 130 Å². The first-order valence-corrected chi connectivity index (χ1v) is 8.06. The molecule has 0 bridgehead atoms. The van der Waals surface area contributed by atoms with Gasteiger partial charge in [-0.15, -0.1) is 11.3 Å². The zero-order valence-electron chi connectivity index (χ0n) is 10.8. The van der Waals surface area contributed by atoms with E-state index < -0.39 is 0 Å². The number of benzene rings is 2. The van der Waals surface area contributed by atoms with E-state index in [0.717, 1.165) is 14.2 Å². The normalized spacial score (nSPS) is 10.8. The first-order chi connectivity index (χ1) is 9.72.